The first kappa shape index (κ1) is 13.4. The van der Waals surface area contributed by atoms with Gasteiger partial charge in [0, 0.05) is 18.6 Å². The van der Waals surface area contributed by atoms with Gasteiger partial charge < -0.3 is 4.90 Å². The summed E-state index contributed by atoms with van der Waals surface area (Å²) < 4.78 is 0. The van der Waals surface area contributed by atoms with Crippen LogP contribution in [0.1, 0.15) is 46.5 Å². The third-order valence-electron chi connectivity index (χ3n) is 4.79. The molecule has 100 valence electrons. The van der Waals surface area contributed by atoms with E-state index in [1.54, 1.807) is 0 Å². The van der Waals surface area contributed by atoms with Gasteiger partial charge in [-0.05, 0) is 71.5 Å². The Morgan fingerprint density at radius 2 is 1.76 bits per heavy atom. The molecule has 17 heavy (non-hydrogen) atoms. The molecule has 0 aromatic carbocycles. The summed E-state index contributed by atoms with van der Waals surface area (Å²) in [6.07, 6.45) is 5.68. The van der Waals surface area contributed by atoms with E-state index in [1.165, 1.54) is 45.3 Å². The Bertz CT molecular complexity index is 225. The Morgan fingerprint density at radius 3 is 2.24 bits per heavy atom. The highest BCUT2D eigenvalue weighted by Gasteiger charge is 2.33. The SMILES string of the molecule is CC(C)N(CC1CCN(C)CC1)[C@H]1C[C@H](C)C1. The molecule has 1 aliphatic heterocycles. The van der Waals surface area contributed by atoms with E-state index in [1.807, 2.05) is 0 Å². The molecule has 0 N–H and O–H groups in total. The third kappa shape index (κ3) is 3.45. The van der Waals surface area contributed by atoms with Crippen LogP contribution in [0.5, 0.6) is 0 Å². The molecule has 0 atom stereocenters. The molecule has 0 spiro atoms. The van der Waals surface area contributed by atoms with Crippen molar-refractivity contribution >= 4 is 0 Å². The van der Waals surface area contributed by atoms with Crippen molar-refractivity contribution in [2.75, 3.05) is 26.7 Å². The lowest BCUT2D eigenvalue weighted by atomic mass is 9.79. The van der Waals surface area contributed by atoms with Crippen LogP contribution >= 0.6 is 0 Å². The van der Waals surface area contributed by atoms with Gasteiger partial charge in [0.1, 0.15) is 0 Å². The second-order valence-corrected chi connectivity index (χ2v) is 6.77. The molecule has 0 bridgehead atoms. The molecule has 0 aromatic heterocycles. The summed E-state index contributed by atoms with van der Waals surface area (Å²) in [5.74, 6) is 1.92. The minimum atomic E-state index is 0.729. The van der Waals surface area contributed by atoms with Crippen molar-refractivity contribution in [2.24, 2.45) is 11.8 Å². The van der Waals surface area contributed by atoms with Crippen molar-refractivity contribution in [1.29, 1.82) is 0 Å². The molecule has 2 rings (SSSR count). The fraction of sp³-hybridized carbons (Fsp3) is 1.00. The van der Waals surface area contributed by atoms with Crippen LogP contribution in [0.3, 0.4) is 0 Å². The van der Waals surface area contributed by atoms with Gasteiger partial charge in [0.2, 0.25) is 0 Å². The van der Waals surface area contributed by atoms with Crippen LogP contribution in [0.4, 0.5) is 0 Å². The lowest BCUT2D eigenvalue weighted by Gasteiger charge is -2.46. The highest BCUT2D eigenvalue weighted by Crippen LogP contribution is 2.33. The van der Waals surface area contributed by atoms with Crippen LogP contribution in [0.15, 0.2) is 0 Å². The average molecular weight is 238 g/mol. The Balaban J connectivity index is 1.81. The van der Waals surface area contributed by atoms with Crippen molar-refractivity contribution in [3.63, 3.8) is 0 Å². The van der Waals surface area contributed by atoms with E-state index >= 15 is 0 Å². The number of rotatable bonds is 4. The van der Waals surface area contributed by atoms with E-state index in [0.29, 0.717) is 0 Å². The summed E-state index contributed by atoms with van der Waals surface area (Å²) in [7, 11) is 2.25. The third-order valence-corrected chi connectivity index (χ3v) is 4.79. The standard InChI is InChI=1S/C15H30N2/c1-12(2)17(15-9-13(3)10-15)11-14-5-7-16(4)8-6-14/h12-15H,5-11H2,1-4H3/t13-,15-. The smallest absolute Gasteiger partial charge is 0.0103 e. The monoisotopic (exact) mass is 238 g/mol. The molecular weight excluding hydrogens is 208 g/mol. The van der Waals surface area contributed by atoms with Crippen molar-refractivity contribution in [2.45, 2.75) is 58.5 Å². The summed E-state index contributed by atoms with van der Waals surface area (Å²) in [6.45, 7) is 11.1. The molecule has 2 aliphatic rings. The molecule has 0 radical (unpaired) electrons. The quantitative estimate of drug-likeness (QED) is 0.743. The van der Waals surface area contributed by atoms with E-state index in [4.69, 9.17) is 0 Å². The van der Waals surface area contributed by atoms with E-state index in [0.717, 1.165) is 23.9 Å². The van der Waals surface area contributed by atoms with Crippen molar-refractivity contribution in [1.82, 2.24) is 9.80 Å². The maximum absolute atomic E-state index is 2.79. The molecule has 2 fully saturated rings. The minimum absolute atomic E-state index is 0.729. The van der Waals surface area contributed by atoms with E-state index < -0.39 is 0 Å². The van der Waals surface area contributed by atoms with E-state index in [2.05, 4.69) is 37.6 Å². The summed E-state index contributed by atoms with van der Waals surface area (Å²) in [4.78, 5) is 5.26. The van der Waals surface area contributed by atoms with Crippen LogP contribution in [0, 0.1) is 11.8 Å². The average Bonchev–Trinajstić information content (AvgIpc) is 2.24. The first-order valence-electron chi connectivity index (χ1n) is 7.50. The molecule has 1 saturated heterocycles. The van der Waals surface area contributed by atoms with Crippen LogP contribution < -0.4 is 0 Å². The Kier molecular flexibility index (Phi) is 4.48. The van der Waals surface area contributed by atoms with Gasteiger partial charge in [-0.25, -0.2) is 0 Å². The van der Waals surface area contributed by atoms with Crippen molar-refractivity contribution < 1.29 is 0 Å². The molecule has 2 heteroatoms. The molecule has 1 heterocycles. The summed E-state index contributed by atoms with van der Waals surface area (Å²) in [6, 6.07) is 1.62. The molecule has 0 aromatic rings. The predicted molar refractivity (Wildman–Crippen MR) is 74.2 cm³/mol. The molecule has 0 unspecified atom stereocenters. The summed E-state index contributed by atoms with van der Waals surface area (Å²) in [5, 5.41) is 0. The summed E-state index contributed by atoms with van der Waals surface area (Å²) in [5.41, 5.74) is 0. The Labute approximate surface area is 107 Å². The second-order valence-electron chi connectivity index (χ2n) is 6.77. The Hall–Kier alpha value is -0.0800. The van der Waals surface area contributed by atoms with Gasteiger partial charge in [-0.3, -0.25) is 4.90 Å². The van der Waals surface area contributed by atoms with Crippen LogP contribution in [0.2, 0.25) is 0 Å². The van der Waals surface area contributed by atoms with Crippen LogP contribution in [-0.2, 0) is 0 Å². The van der Waals surface area contributed by atoms with Gasteiger partial charge in [0.15, 0.2) is 0 Å². The molecule has 2 nitrogen and oxygen atoms in total. The van der Waals surface area contributed by atoms with Gasteiger partial charge in [-0.1, -0.05) is 6.92 Å². The molecule has 1 saturated carbocycles. The maximum atomic E-state index is 2.79. The zero-order valence-electron chi connectivity index (χ0n) is 12.2. The van der Waals surface area contributed by atoms with E-state index in [-0.39, 0.29) is 0 Å². The topological polar surface area (TPSA) is 6.48 Å². The zero-order chi connectivity index (χ0) is 12.4. The van der Waals surface area contributed by atoms with Crippen LogP contribution in [0.25, 0.3) is 0 Å². The fourth-order valence-electron chi connectivity index (χ4n) is 3.45. The first-order chi connectivity index (χ1) is 8.06. The fourth-order valence-corrected chi connectivity index (χ4v) is 3.45. The van der Waals surface area contributed by atoms with Crippen LogP contribution in [-0.4, -0.2) is 48.6 Å². The normalized spacial score (nSPS) is 32.1. The molecule has 0 amide bonds. The maximum Gasteiger partial charge on any atom is 0.0103 e. The Morgan fingerprint density at radius 1 is 1.18 bits per heavy atom. The minimum Gasteiger partial charge on any atom is -0.306 e. The van der Waals surface area contributed by atoms with Gasteiger partial charge in [0.25, 0.3) is 0 Å². The predicted octanol–water partition coefficient (Wildman–Crippen LogP) is 2.84. The number of hydrogen-bond acceptors (Lipinski definition) is 2. The lowest BCUT2D eigenvalue weighted by Crippen LogP contribution is -2.50. The largest absolute Gasteiger partial charge is 0.306 e. The van der Waals surface area contributed by atoms with Gasteiger partial charge in [-0.15, -0.1) is 0 Å². The molecular formula is C15H30N2. The number of nitrogens with zero attached hydrogens (tertiary/aromatic N) is 2. The lowest BCUT2D eigenvalue weighted by molar-refractivity contribution is 0.0356. The van der Waals surface area contributed by atoms with E-state index in [9.17, 15) is 0 Å². The van der Waals surface area contributed by atoms with Gasteiger partial charge in [-0.2, -0.15) is 0 Å². The number of hydrogen-bond donors (Lipinski definition) is 0. The zero-order valence-corrected chi connectivity index (χ0v) is 12.2. The van der Waals surface area contributed by atoms with Crippen molar-refractivity contribution in [3.05, 3.63) is 0 Å². The number of likely N-dealkylation sites (tertiary alicyclic amines) is 1. The second kappa shape index (κ2) is 5.71. The number of piperidine rings is 1. The summed E-state index contributed by atoms with van der Waals surface area (Å²) >= 11 is 0. The van der Waals surface area contributed by atoms with Gasteiger partial charge >= 0.3 is 0 Å². The van der Waals surface area contributed by atoms with Gasteiger partial charge in [0.05, 0.1) is 0 Å². The highest BCUT2D eigenvalue weighted by molar-refractivity contribution is 4.88. The molecule has 1 aliphatic carbocycles. The first-order valence-corrected chi connectivity index (χ1v) is 7.50. The van der Waals surface area contributed by atoms with Crippen molar-refractivity contribution in [3.8, 4) is 0 Å². The highest BCUT2D eigenvalue weighted by atomic mass is 15.2.